The van der Waals surface area contributed by atoms with Crippen molar-refractivity contribution in [2.75, 3.05) is 13.2 Å². The van der Waals surface area contributed by atoms with Crippen LogP contribution in [0, 0.1) is 11.3 Å². The van der Waals surface area contributed by atoms with Gasteiger partial charge in [0.15, 0.2) is 0 Å². The van der Waals surface area contributed by atoms with Gasteiger partial charge < -0.3 is 14.2 Å². The van der Waals surface area contributed by atoms with Gasteiger partial charge in [-0.15, -0.1) is 0 Å². The SMILES string of the molecule is CC(=O)OCC(COC(C)=O)=C1C=C[C@]2(C)C/C=C(\C)CC[C@@H]3O[C@@]3(C)CC[C@@H]12. The van der Waals surface area contributed by atoms with Crippen LogP contribution >= 0.6 is 0 Å². The molecule has 0 aromatic heterocycles. The second-order valence-corrected chi connectivity index (χ2v) is 9.26. The molecule has 0 aromatic rings. The second-order valence-electron chi connectivity index (χ2n) is 9.26. The lowest BCUT2D eigenvalue weighted by Crippen LogP contribution is -2.26. The first-order chi connectivity index (χ1) is 13.6. The molecular weight excluding hydrogens is 368 g/mol. The van der Waals surface area contributed by atoms with E-state index in [1.54, 1.807) is 0 Å². The van der Waals surface area contributed by atoms with E-state index in [0.29, 0.717) is 6.10 Å². The fourth-order valence-corrected chi connectivity index (χ4v) is 4.67. The van der Waals surface area contributed by atoms with E-state index in [0.717, 1.165) is 43.3 Å². The van der Waals surface area contributed by atoms with Gasteiger partial charge in [0.2, 0.25) is 0 Å². The number of carbonyl (C=O) groups excluding carboxylic acids is 2. The highest BCUT2D eigenvalue weighted by Crippen LogP contribution is 2.52. The number of hydrogen-bond donors (Lipinski definition) is 0. The largest absolute Gasteiger partial charge is 0.461 e. The molecule has 0 unspecified atom stereocenters. The lowest BCUT2D eigenvalue weighted by molar-refractivity contribution is -0.141. The molecule has 5 heteroatoms. The Morgan fingerprint density at radius 2 is 1.79 bits per heavy atom. The summed E-state index contributed by atoms with van der Waals surface area (Å²) in [6.07, 6.45) is 12.3. The summed E-state index contributed by atoms with van der Waals surface area (Å²) < 4.78 is 16.6. The predicted octanol–water partition coefficient (Wildman–Crippen LogP) is 4.67. The van der Waals surface area contributed by atoms with Crippen LogP contribution in [0.25, 0.3) is 0 Å². The molecule has 0 saturated carbocycles. The molecule has 0 bridgehead atoms. The van der Waals surface area contributed by atoms with Crippen molar-refractivity contribution in [1.82, 2.24) is 0 Å². The van der Waals surface area contributed by atoms with Crippen LogP contribution in [0.3, 0.4) is 0 Å². The van der Waals surface area contributed by atoms with Crippen molar-refractivity contribution in [2.45, 2.75) is 78.4 Å². The highest BCUT2D eigenvalue weighted by atomic mass is 16.6. The first kappa shape index (κ1) is 21.8. The molecule has 3 aliphatic rings. The molecule has 4 atom stereocenters. The number of allylic oxidation sites excluding steroid dienone is 5. The minimum atomic E-state index is -0.335. The number of carbonyl (C=O) groups is 2. The van der Waals surface area contributed by atoms with Gasteiger partial charge >= 0.3 is 11.9 Å². The molecule has 0 aromatic carbocycles. The molecule has 2 aliphatic carbocycles. The van der Waals surface area contributed by atoms with Gasteiger partial charge in [-0.25, -0.2) is 0 Å². The molecule has 29 heavy (non-hydrogen) atoms. The average molecular weight is 403 g/mol. The van der Waals surface area contributed by atoms with E-state index >= 15 is 0 Å². The average Bonchev–Trinajstić information content (AvgIpc) is 3.18. The highest BCUT2D eigenvalue weighted by Gasteiger charge is 2.52. The smallest absolute Gasteiger partial charge is 0.302 e. The topological polar surface area (TPSA) is 65.1 Å². The van der Waals surface area contributed by atoms with Crippen LogP contribution in [0.1, 0.15) is 66.7 Å². The Hall–Kier alpha value is -1.88. The van der Waals surface area contributed by atoms with E-state index < -0.39 is 0 Å². The number of ether oxygens (including phenoxy) is 3. The molecule has 0 amide bonds. The lowest BCUT2D eigenvalue weighted by atomic mass is 9.72. The molecule has 0 spiro atoms. The van der Waals surface area contributed by atoms with Crippen molar-refractivity contribution < 1.29 is 23.8 Å². The van der Waals surface area contributed by atoms with E-state index in [1.807, 2.05) is 0 Å². The number of esters is 2. The summed E-state index contributed by atoms with van der Waals surface area (Å²) in [5.41, 5.74) is 3.37. The van der Waals surface area contributed by atoms with Gasteiger partial charge in [-0.2, -0.15) is 0 Å². The summed E-state index contributed by atoms with van der Waals surface area (Å²) in [4.78, 5) is 22.8. The standard InChI is InChI=1S/C24H34O5/c1-16-6-7-22-24(5,29-22)13-10-21-20(9-12-23(21,4)11-8-16)19(14-27-17(2)25)15-28-18(3)26/h8-9,12,21-22H,6-7,10-11,13-15H2,1-5H3/b16-8+/t21-,22-,23-,24-/m0/s1. The highest BCUT2D eigenvalue weighted by molar-refractivity contribution is 5.67. The van der Waals surface area contributed by atoms with Gasteiger partial charge in [-0.3, -0.25) is 9.59 Å². The van der Waals surface area contributed by atoms with Crippen molar-refractivity contribution in [3.05, 3.63) is 34.9 Å². The molecule has 1 aliphatic heterocycles. The molecule has 160 valence electrons. The van der Waals surface area contributed by atoms with Gasteiger partial charge in [-0.05, 0) is 62.9 Å². The van der Waals surface area contributed by atoms with Gasteiger partial charge in [0.05, 0.1) is 11.7 Å². The molecular formula is C24H34O5. The summed E-state index contributed by atoms with van der Waals surface area (Å²) in [7, 11) is 0. The van der Waals surface area contributed by atoms with Gasteiger partial charge in [0.25, 0.3) is 0 Å². The van der Waals surface area contributed by atoms with Crippen molar-refractivity contribution in [1.29, 1.82) is 0 Å². The number of fused-ring (bicyclic) bond motifs is 2. The Morgan fingerprint density at radius 1 is 1.14 bits per heavy atom. The quantitative estimate of drug-likeness (QED) is 0.388. The van der Waals surface area contributed by atoms with E-state index in [2.05, 4.69) is 39.0 Å². The minimum absolute atomic E-state index is 0.0145. The Balaban J connectivity index is 1.92. The molecule has 0 radical (unpaired) electrons. The maximum Gasteiger partial charge on any atom is 0.302 e. The van der Waals surface area contributed by atoms with Crippen LogP contribution in [-0.4, -0.2) is 36.9 Å². The molecule has 1 heterocycles. The van der Waals surface area contributed by atoms with Crippen LogP contribution in [0.4, 0.5) is 0 Å². The first-order valence-corrected chi connectivity index (χ1v) is 10.6. The van der Waals surface area contributed by atoms with E-state index in [1.165, 1.54) is 19.4 Å². The lowest BCUT2D eigenvalue weighted by Gasteiger charge is -2.32. The van der Waals surface area contributed by atoms with Crippen LogP contribution in [0.5, 0.6) is 0 Å². The zero-order chi connectivity index (χ0) is 21.2. The second kappa shape index (κ2) is 8.47. The minimum Gasteiger partial charge on any atom is -0.461 e. The summed E-state index contributed by atoms with van der Waals surface area (Å²) in [6.45, 7) is 9.82. The van der Waals surface area contributed by atoms with E-state index in [9.17, 15) is 9.59 Å². The summed E-state index contributed by atoms with van der Waals surface area (Å²) in [5, 5.41) is 0. The Bertz CT molecular complexity index is 741. The Morgan fingerprint density at radius 3 is 2.41 bits per heavy atom. The zero-order valence-corrected chi connectivity index (χ0v) is 18.4. The fraction of sp³-hybridized carbons (Fsp3) is 0.667. The molecule has 1 saturated heterocycles. The summed E-state index contributed by atoms with van der Waals surface area (Å²) in [6, 6.07) is 0. The van der Waals surface area contributed by atoms with Crippen molar-refractivity contribution >= 4 is 11.9 Å². The molecule has 0 N–H and O–H groups in total. The van der Waals surface area contributed by atoms with Crippen LogP contribution in [0.15, 0.2) is 34.9 Å². The monoisotopic (exact) mass is 402 g/mol. The summed E-state index contributed by atoms with van der Waals surface area (Å²) >= 11 is 0. The number of hydrogen-bond acceptors (Lipinski definition) is 5. The molecule has 5 nitrogen and oxygen atoms in total. The zero-order valence-electron chi connectivity index (χ0n) is 18.4. The normalized spacial score (nSPS) is 35.5. The third-order valence-corrected chi connectivity index (χ3v) is 6.78. The van der Waals surface area contributed by atoms with Crippen molar-refractivity contribution in [3.8, 4) is 0 Å². The van der Waals surface area contributed by atoms with E-state index in [4.69, 9.17) is 14.2 Å². The molecule has 1 fully saturated rings. The van der Waals surface area contributed by atoms with Gasteiger partial charge in [0.1, 0.15) is 13.2 Å². The first-order valence-electron chi connectivity index (χ1n) is 10.6. The Kier molecular flexibility index (Phi) is 6.37. The van der Waals surface area contributed by atoms with E-state index in [-0.39, 0.29) is 42.1 Å². The summed E-state index contributed by atoms with van der Waals surface area (Å²) in [5.74, 6) is -0.399. The maximum atomic E-state index is 11.4. The number of epoxide rings is 1. The van der Waals surface area contributed by atoms with Crippen molar-refractivity contribution in [2.24, 2.45) is 11.3 Å². The van der Waals surface area contributed by atoms with Crippen LogP contribution in [-0.2, 0) is 23.8 Å². The molecule has 3 rings (SSSR count). The Labute approximate surface area is 174 Å². The predicted molar refractivity (Wildman–Crippen MR) is 111 cm³/mol. The third kappa shape index (κ3) is 5.19. The fourth-order valence-electron chi connectivity index (χ4n) is 4.67. The van der Waals surface area contributed by atoms with Gasteiger partial charge in [-0.1, -0.05) is 30.7 Å². The van der Waals surface area contributed by atoms with Crippen LogP contribution < -0.4 is 0 Å². The maximum absolute atomic E-state index is 11.4. The van der Waals surface area contributed by atoms with Gasteiger partial charge in [0, 0.05) is 19.4 Å². The van der Waals surface area contributed by atoms with Crippen molar-refractivity contribution in [3.63, 3.8) is 0 Å². The number of rotatable bonds is 4. The third-order valence-electron chi connectivity index (χ3n) is 6.78. The van der Waals surface area contributed by atoms with Crippen LogP contribution in [0.2, 0.25) is 0 Å².